The zero-order chi connectivity index (χ0) is 17.8. The predicted octanol–water partition coefficient (Wildman–Crippen LogP) is 4.22. The van der Waals surface area contributed by atoms with Gasteiger partial charge in [0.2, 0.25) is 0 Å². The van der Waals surface area contributed by atoms with Gasteiger partial charge in [-0.05, 0) is 29.7 Å². The second-order valence-electron chi connectivity index (χ2n) is 5.59. The highest BCUT2D eigenvalue weighted by Crippen LogP contribution is 2.20. The van der Waals surface area contributed by atoms with E-state index in [9.17, 15) is 14.7 Å². The van der Waals surface area contributed by atoms with Crippen LogP contribution in [0.15, 0.2) is 76.0 Å². The third-order valence-corrected chi connectivity index (χ3v) is 3.75. The van der Waals surface area contributed by atoms with Crippen molar-refractivity contribution in [3.8, 4) is 16.9 Å². The minimum absolute atomic E-state index is 0.250. The summed E-state index contributed by atoms with van der Waals surface area (Å²) in [4.78, 5) is 23.9. The Hall–Kier alpha value is -3.40. The van der Waals surface area contributed by atoms with Crippen LogP contribution >= 0.6 is 0 Å². The highest BCUT2D eigenvalue weighted by Gasteiger charge is 2.15. The van der Waals surface area contributed by atoms with Gasteiger partial charge in [0.25, 0.3) is 0 Å². The van der Waals surface area contributed by atoms with E-state index in [0.29, 0.717) is 0 Å². The second-order valence-corrected chi connectivity index (χ2v) is 5.59. The molecule has 0 saturated carbocycles. The van der Waals surface area contributed by atoms with Crippen molar-refractivity contribution < 1.29 is 14.3 Å². The summed E-state index contributed by atoms with van der Waals surface area (Å²) in [6.45, 7) is 1.53. The number of carbonyl (C=O) groups is 1. The van der Waals surface area contributed by atoms with Crippen LogP contribution in [-0.4, -0.2) is 10.9 Å². The van der Waals surface area contributed by atoms with Crippen molar-refractivity contribution in [3.05, 3.63) is 94.0 Å². The van der Waals surface area contributed by atoms with Crippen molar-refractivity contribution in [2.75, 3.05) is 0 Å². The van der Waals surface area contributed by atoms with Crippen LogP contribution in [0.3, 0.4) is 0 Å². The molecule has 3 aromatic rings. The highest BCUT2D eigenvalue weighted by atomic mass is 16.4. The fourth-order valence-corrected chi connectivity index (χ4v) is 2.50. The lowest BCUT2D eigenvalue weighted by Crippen LogP contribution is -2.12. The molecule has 0 atom stereocenters. The summed E-state index contributed by atoms with van der Waals surface area (Å²) in [7, 11) is 0. The maximum Gasteiger partial charge on any atom is 0.351 e. The van der Waals surface area contributed by atoms with Crippen molar-refractivity contribution in [1.82, 2.24) is 0 Å². The molecule has 0 radical (unpaired) electrons. The molecule has 0 amide bonds. The molecule has 0 aliphatic heterocycles. The normalized spacial score (nSPS) is 10.9. The van der Waals surface area contributed by atoms with Crippen molar-refractivity contribution in [2.24, 2.45) is 0 Å². The molecule has 25 heavy (non-hydrogen) atoms. The minimum Gasteiger partial charge on any atom is -0.507 e. The lowest BCUT2D eigenvalue weighted by molar-refractivity contribution is 0.104. The van der Waals surface area contributed by atoms with E-state index in [1.807, 2.05) is 54.6 Å². The number of hydrogen-bond acceptors (Lipinski definition) is 4. The summed E-state index contributed by atoms with van der Waals surface area (Å²) in [5.41, 5.74) is 1.79. The molecule has 0 unspecified atom stereocenters. The molecule has 4 heteroatoms. The standard InChI is InChI=1S/C21H16O4/c1-14-13-19(23)20(21(24)25-14)18(22)12-9-15-7-10-17(11-8-15)16-5-3-2-4-6-16/h2-13,23H,1H3/b12-9+. The molecule has 2 aromatic carbocycles. The van der Waals surface area contributed by atoms with Crippen LogP contribution in [0.25, 0.3) is 17.2 Å². The summed E-state index contributed by atoms with van der Waals surface area (Å²) in [6.07, 6.45) is 2.84. The summed E-state index contributed by atoms with van der Waals surface area (Å²) < 4.78 is 4.86. The number of hydrogen-bond donors (Lipinski definition) is 1. The van der Waals surface area contributed by atoms with Crippen molar-refractivity contribution in [3.63, 3.8) is 0 Å². The number of aryl methyl sites for hydroxylation is 1. The van der Waals surface area contributed by atoms with Gasteiger partial charge in [-0.2, -0.15) is 0 Å². The fraction of sp³-hybridized carbons (Fsp3) is 0.0476. The first kappa shape index (κ1) is 16.5. The van der Waals surface area contributed by atoms with Crippen LogP contribution in [0.5, 0.6) is 5.75 Å². The number of benzene rings is 2. The SMILES string of the molecule is Cc1cc(O)c(C(=O)/C=C/c2ccc(-c3ccccc3)cc2)c(=O)o1. The van der Waals surface area contributed by atoms with Crippen molar-refractivity contribution in [1.29, 1.82) is 0 Å². The first-order chi connectivity index (χ1) is 12.0. The van der Waals surface area contributed by atoms with E-state index >= 15 is 0 Å². The highest BCUT2D eigenvalue weighted by molar-refractivity contribution is 6.08. The van der Waals surface area contributed by atoms with Gasteiger partial charge in [0.05, 0.1) is 0 Å². The average molecular weight is 332 g/mol. The van der Waals surface area contributed by atoms with Gasteiger partial charge in [-0.15, -0.1) is 0 Å². The number of rotatable bonds is 4. The van der Waals surface area contributed by atoms with Crippen LogP contribution in [0.4, 0.5) is 0 Å². The first-order valence-electron chi connectivity index (χ1n) is 7.76. The smallest absolute Gasteiger partial charge is 0.351 e. The Morgan fingerprint density at radius 3 is 2.28 bits per heavy atom. The van der Waals surface area contributed by atoms with E-state index in [1.54, 1.807) is 6.08 Å². The molecule has 0 fully saturated rings. The van der Waals surface area contributed by atoms with Crippen molar-refractivity contribution >= 4 is 11.9 Å². The molecule has 0 aliphatic rings. The van der Waals surface area contributed by atoms with E-state index in [1.165, 1.54) is 19.1 Å². The van der Waals surface area contributed by atoms with Gasteiger partial charge in [0.1, 0.15) is 17.1 Å². The van der Waals surface area contributed by atoms with Gasteiger partial charge in [-0.25, -0.2) is 4.79 Å². The van der Waals surface area contributed by atoms with E-state index in [2.05, 4.69) is 0 Å². The molecule has 1 N–H and O–H groups in total. The zero-order valence-corrected chi connectivity index (χ0v) is 13.6. The lowest BCUT2D eigenvalue weighted by atomic mass is 10.0. The Labute approximate surface area is 144 Å². The monoisotopic (exact) mass is 332 g/mol. The Morgan fingerprint density at radius 1 is 1.00 bits per heavy atom. The molecule has 0 spiro atoms. The quantitative estimate of drug-likeness (QED) is 0.574. The van der Waals surface area contributed by atoms with Crippen LogP contribution in [0, 0.1) is 6.92 Å². The summed E-state index contributed by atoms with van der Waals surface area (Å²) >= 11 is 0. The van der Waals surface area contributed by atoms with E-state index in [4.69, 9.17) is 4.42 Å². The zero-order valence-electron chi connectivity index (χ0n) is 13.6. The lowest BCUT2D eigenvalue weighted by Gasteiger charge is -2.02. The van der Waals surface area contributed by atoms with E-state index in [-0.39, 0.29) is 17.1 Å². The molecule has 0 bridgehead atoms. The second kappa shape index (κ2) is 7.01. The molecule has 4 nitrogen and oxygen atoms in total. The fourth-order valence-electron chi connectivity index (χ4n) is 2.50. The van der Waals surface area contributed by atoms with Gasteiger partial charge in [0, 0.05) is 6.07 Å². The molecule has 124 valence electrons. The van der Waals surface area contributed by atoms with Gasteiger partial charge < -0.3 is 9.52 Å². The molecule has 0 saturated heterocycles. The van der Waals surface area contributed by atoms with Crippen molar-refractivity contribution in [2.45, 2.75) is 6.92 Å². The van der Waals surface area contributed by atoms with Gasteiger partial charge in [-0.3, -0.25) is 4.79 Å². The third kappa shape index (κ3) is 3.75. The number of allylic oxidation sites excluding steroid dienone is 1. The first-order valence-corrected chi connectivity index (χ1v) is 7.76. The molecular formula is C21H16O4. The molecule has 1 heterocycles. The molecule has 3 rings (SSSR count). The number of aromatic hydroxyl groups is 1. The van der Waals surface area contributed by atoms with Crippen LogP contribution in [-0.2, 0) is 0 Å². The average Bonchev–Trinajstić information content (AvgIpc) is 2.60. The van der Waals surface area contributed by atoms with Gasteiger partial charge >= 0.3 is 5.63 Å². The van der Waals surface area contributed by atoms with E-state index < -0.39 is 11.4 Å². The van der Waals surface area contributed by atoms with Gasteiger partial charge in [-0.1, -0.05) is 60.7 Å². The Morgan fingerprint density at radius 2 is 1.64 bits per heavy atom. The molecular weight excluding hydrogens is 316 g/mol. The Bertz CT molecular complexity index is 981. The Kier molecular flexibility index (Phi) is 4.61. The van der Waals surface area contributed by atoms with Gasteiger partial charge in [0.15, 0.2) is 5.78 Å². The maximum atomic E-state index is 12.2. The van der Waals surface area contributed by atoms with E-state index in [0.717, 1.165) is 16.7 Å². The molecule has 1 aromatic heterocycles. The summed E-state index contributed by atoms with van der Waals surface area (Å²) in [5.74, 6) is -0.722. The third-order valence-electron chi connectivity index (χ3n) is 3.75. The number of carbonyl (C=O) groups excluding carboxylic acids is 1. The summed E-state index contributed by atoms with van der Waals surface area (Å²) in [5, 5.41) is 9.79. The topological polar surface area (TPSA) is 67.5 Å². The van der Waals surface area contributed by atoms with Crippen LogP contribution < -0.4 is 5.63 Å². The summed E-state index contributed by atoms with van der Waals surface area (Å²) in [6, 6.07) is 18.9. The van der Waals surface area contributed by atoms with Crippen LogP contribution in [0.1, 0.15) is 21.7 Å². The maximum absolute atomic E-state index is 12.2. The predicted molar refractivity (Wildman–Crippen MR) is 96.6 cm³/mol. The largest absolute Gasteiger partial charge is 0.507 e. The minimum atomic E-state index is -0.841. The Balaban J connectivity index is 1.81. The number of ketones is 1. The van der Waals surface area contributed by atoms with Crippen LogP contribution in [0.2, 0.25) is 0 Å². The molecule has 0 aliphatic carbocycles.